The van der Waals surface area contributed by atoms with Crippen LogP contribution in [0.15, 0.2) is 30.3 Å². The summed E-state index contributed by atoms with van der Waals surface area (Å²) in [7, 11) is 0. The minimum atomic E-state index is -1.04. The van der Waals surface area contributed by atoms with Gasteiger partial charge in [-0.3, -0.25) is 20.4 Å². The maximum absolute atomic E-state index is 13.5. The number of hydrazine groups is 1. The van der Waals surface area contributed by atoms with Crippen LogP contribution in [0.3, 0.4) is 0 Å². The van der Waals surface area contributed by atoms with Crippen LogP contribution in [0.4, 0.5) is 9.59 Å². The maximum atomic E-state index is 13.5. The minimum absolute atomic E-state index is 0.0470. The van der Waals surface area contributed by atoms with Crippen molar-refractivity contribution in [3.05, 3.63) is 41.6 Å². The Morgan fingerprint density at radius 3 is 2.07 bits per heavy atom. The lowest BCUT2D eigenvalue weighted by Gasteiger charge is -2.57. The Morgan fingerprint density at radius 1 is 0.870 bits per heavy atom. The molecule has 0 unspecified atom stereocenters. The topological polar surface area (TPSA) is 148 Å². The fraction of sp³-hybridized carbons (Fsp3) is 0.629. The molecule has 1 aromatic heterocycles. The summed E-state index contributed by atoms with van der Waals surface area (Å²) in [5.41, 5.74) is 5.81. The molecule has 4 fully saturated rings. The number of carbonyl (C=O) groups excluding carboxylic acids is 4. The molecule has 6 rings (SSSR count). The molecule has 4 amide bonds. The summed E-state index contributed by atoms with van der Waals surface area (Å²) in [4.78, 5) is 56.0. The van der Waals surface area contributed by atoms with Crippen molar-refractivity contribution in [2.75, 3.05) is 6.54 Å². The first kappa shape index (κ1) is 33.5. The summed E-state index contributed by atoms with van der Waals surface area (Å²) in [6, 6.07) is 8.87. The number of nitrogens with one attached hydrogen (secondary N) is 4. The molecule has 4 saturated carbocycles. The van der Waals surface area contributed by atoms with Gasteiger partial charge in [0.2, 0.25) is 0 Å². The zero-order valence-electron chi connectivity index (χ0n) is 28.0. The molecule has 1 heterocycles. The minimum Gasteiger partial charge on any atom is -0.444 e. The van der Waals surface area contributed by atoms with Crippen molar-refractivity contribution < 1.29 is 28.7 Å². The summed E-state index contributed by atoms with van der Waals surface area (Å²) < 4.78 is 10.6. The number of amides is 4. The summed E-state index contributed by atoms with van der Waals surface area (Å²) in [6.45, 7) is 10.7. The third kappa shape index (κ3) is 8.27. The van der Waals surface area contributed by atoms with Gasteiger partial charge < -0.3 is 20.1 Å². The summed E-state index contributed by atoms with van der Waals surface area (Å²) >= 11 is 0. The molecular weight excluding hydrogens is 586 g/mol. The van der Waals surface area contributed by atoms with Crippen LogP contribution in [0.2, 0.25) is 0 Å². The number of carbonyl (C=O) groups is 4. The van der Waals surface area contributed by atoms with Gasteiger partial charge in [0.05, 0.1) is 5.52 Å². The molecule has 46 heavy (non-hydrogen) atoms. The molecule has 0 aliphatic heterocycles. The number of rotatable bonds is 8. The zero-order chi connectivity index (χ0) is 33.3. The predicted molar refractivity (Wildman–Crippen MR) is 174 cm³/mol. The predicted octanol–water partition coefficient (Wildman–Crippen LogP) is 5.66. The molecule has 1 aromatic carbocycles. The molecule has 4 N–H and O–H groups in total. The Hall–Kier alpha value is -3.89. The lowest BCUT2D eigenvalue weighted by atomic mass is 9.48. The van der Waals surface area contributed by atoms with Crippen LogP contribution >= 0.6 is 0 Å². The average molecular weight is 636 g/mol. The molecule has 0 radical (unpaired) electrons. The molecule has 1 atom stereocenters. The highest BCUT2D eigenvalue weighted by Gasteiger charge is 2.52. The third-order valence-electron chi connectivity index (χ3n) is 9.20. The first-order valence-corrected chi connectivity index (χ1v) is 16.6. The van der Waals surface area contributed by atoms with Crippen LogP contribution in [-0.2, 0) is 19.7 Å². The highest BCUT2D eigenvalue weighted by molar-refractivity contribution is 5.97. The van der Waals surface area contributed by atoms with Crippen molar-refractivity contribution in [3.63, 3.8) is 0 Å². The molecule has 11 nitrogen and oxygen atoms in total. The number of aromatic nitrogens is 1. The van der Waals surface area contributed by atoms with Crippen LogP contribution in [0.1, 0.15) is 109 Å². The van der Waals surface area contributed by atoms with Crippen molar-refractivity contribution in [2.24, 2.45) is 17.8 Å². The van der Waals surface area contributed by atoms with Crippen LogP contribution in [0.5, 0.6) is 0 Å². The Kier molecular flexibility index (Phi) is 9.52. The second kappa shape index (κ2) is 13.1. The third-order valence-corrected chi connectivity index (χ3v) is 9.20. The molecule has 0 saturated heterocycles. The van der Waals surface area contributed by atoms with Gasteiger partial charge in [-0.05, 0) is 134 Å². The van der Waals surface area contributed by atoms with E-state index in [2.05, 4.69) is 32.5 Å². The van der Waals surface area contributed by atoms with Gasteiger partial charge in [-0.25, -0.2) is 14.6 Å². The van der Waals surface area contributed by atoms with Gasteiger partial charge in [-0.2, -0.15) is 0 Å². The molecule has 250 valence electrons. The summed E-state index contributed by atoms with van der Waals surface area (Å²) in [6.07, 6.45) is 6.56. The van der Waals surface area contributed by atoms with Crippen molar-refractivity contribution >= 4 is 34.9 Å². The van der Waals surface area contributed by atoms with E-state index in [9.17, 15) is 19.2 Å². The smallest absolute Gasteiger partial charge is 0.408 e. The van der Waals surface area contributed by atoms with E-state index in [-0.39, 0.29) is 24.1 Å². The molecule has 4 aliphatic rings. The van der Waals surface area contributed by atoms with Gasteiger partial charge in [0.15, 0.2) is 0 Å². The second-order valence-electron chi connectivity index (χ2n) is 15.5. The van der Waals surface area contributed by atoms with E-state index in [0.29, 0.717) is 6.42 Å². The molecule has 4 bridgehead atoms. The number of hydrogen-bond donors (Lipinski definition) is 4. The van der Waals surface area contributed by atoms with E-state index in [0.717, 1.165) is 47.9 Å². The number of fused-ring (bicyclic) bond motifs is 1. The lowest BCUT2D eigenvalue weighted by molar-refractivity contribution is -0.124. The van der Waals surface area contributed by atoms with Gasteiger partial charge in [-0.1, -0.05) is 18.2 Å². The first-order chi connectivity index (χ1) is 21.6. The number of para-hydroxylation sites is 1. The maximum Gasteiger partial charge on any atom is 0.408 e. The van der Waals surface area contributed by atoms with Crippen LogP contribution in [0.25, 0.3) is 10.9 Å². The van der Waals surface area contributed by atoms with Crippen molar-refractivity contribution in [1.29, 1.82) is 0 Å². The van der Waals surface area contributed by atoms with E-state index in [4.69, 9.17) is 9.47 Å². The summed E-state index contributed by atoms with van der Waals surface area (Å²) in [5, 5.41) is 6.33. The fourth-order valence-electron chi connectivity index (χ4n) is 7.97. The van der Waals surface area contributed by atoms with E-state index in [1.807, 2.05) is 24.3 Å². The number of nitrogens with zero attached hydrogens (tertiary/aromatic N) is 1. The summed E-state index contributed by atoms with van der Waals surface area (Å²) in [5.74, 6) is 1.06. The van der Waals surface area contributed by atoms with Gasteiger partial charge in [0.25, 0.3) is 11.8 Å². The van der Waals surface area contributed by atoms with Crippen LogP contribution < -0.4 is 21.5 Å². The van der Waals surface area contributed by atoms with Crippen molar-refractivity contribution in [1.82, 2.24) is 26.5 Å². The van der Waals surface area contributed by atoms with Crippen LogP contribution in [-0.4, -0.2) is 52.8 Å². The quantitative estimate of drug-likeness (QED) is 0.216. The molecular formula is C35H49N5O6. The largest absolute Gasteiger partial charge is 0.444 e. The first-order valence-electron chi connectivity index (χ1n) is 16.6. The number of ether oxygens (including phenoxy) is 2. The fourth-order valence-corrected chi connectivity index (χ4v) is 7.97. The lowest BCUT2D eigenvalue weighted by Crippen LogP contribution is -2.53. The molecule has 0 spiro atoms. The van der Waals surface area contributed by atoms with Gasteiger partial charge in [-0.15, -0.1) is 0 Å². The zero-order valence-corrected chi connectivity index (χ0v) is 28.0. The van der Waals surface area contributed by atoms with E-state index in [1.165, 1.54) is 24.8 Å². The standard InChI is InChI=1S/C35H49N5O6/c1-33(2,3)45-31(43)36-13-9-12-27(38-32(44)46-34(4,5)6)29(41)39-40-30(42)28-17-25(24-10-7-8-11-26(24)37-28)35-18-21-14-22(19-35)16-23(15-21)20-35/h7-8,10-11,17,21-23,27H,9,12-16,18-20H2,1-6H3,(H,36,43)(H,38,44)(H,39,41)(H,40,42)/t21?,22?,23?,27-,35?/m0/s1. The number of benzene rings is 1. The molecule has 4 aliphatic carbocycles. The number of alkyl carbamates (subject to hydrolysis) is 2. The van der Waals surface area contributed by atoms with Crippen molar-refractivity contribution in [3.8, 4) is 0 Å². The van der Waals surface area contributed by atoms with E-state index < -0.39 is 41.2 Å². The van der Waals surface area contributed by atoms with Gasteiger partial charge in [0, 0.05) is 11.9 Å². The average Bonchev–Trinajstić information content (AvgIpc) is 2.94. The van der Waals surface area contributed by atoms with Crippen LogP contribution in [0, 0.1) is 17.8 Å². The number of pyridine rings is 1. The highest BCUT2D eigenvalue weighted by Crippen LogP contribution is 2.61. The molecule has 11 heteroatoms. The van der Waals surface area contributed by atoms with E-state index >= 15 is 0 Å². The highest BCUT2D eigenvalue weighted by atomic mass is 16.6. The van der Waals surface area contributed by atoms with Gasteiger partial charge in [0.1, 0.15) is 22.9 Å². The number of hydrogen-bond acceptors (Lipinski definition) is 7. The SMILES string of the molecule is CC(C)(C)OC(=O)NCCC[C@H](NC(=O)OC(C)(C)C)C(=O)NNC(=O)c1cc(C23CC4CC(CC(C4)C2)C3)c2ccccc2n1. The van der Waals surface area contributed by atoms with Gasteiger partial charge >= 0.3 is 12.2 Å². The normalized spacial score (nSPS) is 24.2. The Balaban J connectivity index is 1.27. The Labute approximate surface area is 271 Å². The van der Waals surface area contributed by atoms with Crippen molar-refractivity contribution in [2.45, 2.75) is 116 Å². The monoisotopic (exact) mass is 635 g/mol. The second-order valence-corrected chi connectivity index (χ2v) is 15.5. The Bertz CT molecular complexity index is 1440. The van der Waals surface area contributed by atoms with E-state index in [1.54, 1.807) is 41.5 Å². The molecule has 2 aromatic rings. The Morgan fingerprint density at radius 2 is 1.46 bits per heavy atom.